The Kier molecular flexibility index (Phi) is 6.19. The molecule has 0 bridgehead atoms. The van der Waals surface area contributed by atoms with Crippen molar-refractivity contribution in [2.75, 3.05) is 24.9 Å². The Morgan fingerprint density at radius 1 is 1.00 bits per heavy atom. The average molecular weight is 560 g/mol. The molecule has 3 aromatic rings. The summed E-state index contributed by atoms with van der Waals surface area (Å²) in [5, 5.41) is 0.668. The van der Waals surface area contributed by atoms with Gasteiger partial charge in [-0.1, -0.05) is 36.4 Å². The van der Waals surface area contributed by atoms with E-state index in [4.69, 9.17) is 9.47 Å². The molecule has 5 rings (SSSR count). The van der Waals surface area contributed by atoms with Crippen LogP contribution in [0.15, 0.2) is 72.8 Å². The third-order valence-electron chi connectivity index (χ3n) is 6.24. The van der Waals surface area contributed by atoms with E-state index >= 15 is 4.57 Å². The lowest BCUT2D eigenvalue weighted by molar-refractivity contribution is 0.306. The van der Waals surface area contributed by atoms with Gasteiger partial charge in [0, 0.05) is 28.4 Å². The number of anilines is 1. The number of methoxy groups -OCH3 is 1. The van der Waals surface area contributed by atoms with Crippen LogP contribution in [-0.4, -0.2) is 30.9 Å². The number of fused-ring (bicyclic) bond motifs is 1. The van der Waals surface area contributed by atoms with Crippen LogP contribution < -0.4 is 19.4 Å². The van der Waals surface area contributed by atoms with Crippen molar-refractivity contribution in [2.45, 2.75) is 25.5 Å². The Morgan fingerprint density at radius 3 is 2.50 bits per heavy atom. The van der Waals surface area contributed by atoms with E-state index in [0.29, 0.717) is 23.4 Å². The summed E-state index contributed by atoms with van der Waals surface area (Å²) in [5.74, 6) is 1.24. The summed E-state index contributed by atoms with van der Waals surface area (Å²) in [6.45, 7) is 1.97. The van der Waals surface area contributed by atoms with Gasteiger partial charge in [-0.15, -0.1) is 0 Å². The van der Waals surface area contributed by atoms with Crippen LogP contribution in [-0.2, 0) is 11.2 Å². The SMILES string of the molecule is COc1cccc(OCc2ccc(I)cc2)c1P1(=O)N(c2ccccc2)CC2CCCN21. The minimum atomic E-state index is -3.16. The van der Waals surface area contributed by atoms with Crippen molar-refractivity contribution in [2.24, 2.45) is 0 Å². The first-order valence-electron chi connectivity index (χ1n) is 10.9. The topological polar surface area (TPSA) is 42.0 Å². The third-order valence-corrected chi connectivity index (χ3v) is 10.3. The summed E-state index contributed by atoms with van der Waals surface area (Å²) in [4.78, 5) is 0. The zero-order valence-electron chi connectivity index (χ0n) is 18.0. The Hall–Kier alpha value is -2.02. The highest BCUT2D eigenvalue weighted by atomic mass is 127. The fourth-order valence-corrected chi connectivity index (χ4v) is 8.65. The van der Waals surface area contributed by atoms with Gasteiger partial charge in [0.25, 0.3) is 7.44 Å². The van der Waals surface area contributed by atoms with E-state index in [0.717, 1.165) is 37.2 Å². The molecular formula is C25H26IN2O3P. The van der Waals surface area contributed by atoms with E-state index in [2.05, 4.69) is 56.2 Å². The summed E-state index contributed by atoms with van der Waals surface area (Å²) in [7, 11) is -1.53. The number of nitrogens with zero attached hydrogens (tertiary/aromatic N) is 2. The maximum Gasteiger partial charge on any atom is 0.276 e. The molecule has 2 unspecified atom stereocenters. The zero-order valence-corrected chi connectivity index (χ0v) is 21.0. The summed E-state index contributed by atoms with van der Waals surface area (Å²) in [6, 6.07) is 24.3. The van der Waals surface area contributed by atoms with Gasteiger partial charge in [0.2, 0.25) is 0 Å². The van der Waals surface area contributed by atoms with Crippen LogP contribution in [0.25, 0.3) is 0 Å². The molecule has 5 nitrogen and oxygen atoms in total. The lowest BCUT2D eigenvalue weighted by Gasteiger charge is -2.33. The Balaban J connectivity index is 1.59. The van der Waals surface area contributed by atoms with Gasteiger partial charge < -0.3 is 14.1 Å². The monoisotopic (exact) mass is 560 g/mol. The molecule has 0 aliphatic carbocycles. The van der Waals surface area contributed by atoms with Crippen LogP contribution in [0.3, 0.4) is 0 Å². The number of para-hydroxylation sites is 1. The molecule has 7 heteroatoms. The second kappa shape index (κ2) is 9.08. The summed E-state index contributed by atoms with van der Waals surface area (Å²) < 4.78 is 32.6. The molecule has 0 spiro atoms. The molecule has 2 aliphatic heterocycles. The Labute approximate surface area is 202 Å². The van der Waals surface area contributed by atoms with Gasteiger partial charge >= 0.3 is 0 Å². The highest BCUT2D eigenvalue weighted by Gasteiger charge is 2.54. The van der Waals surface area contributed by atoms with Crippen molar-refractivity contribution in [1.82, 2.24) is 4.67 Å². The van der Waals surface area contributed by atoms with Crippen LogP contribution in [0.1, 0.15) is 18.4 Å². The van der Waals surface area contributed by atoms with Crippen LogP contribution in [0.2, 0.25) is 0 Å². The molecule has 0 N–H and O–H groups in total. The summed E-state index contributed by atoms with van der Waals surface area (Å²) in [6.07, 6.45) is 2.12. The van der Waals surface area contributed by atoms with Crippen LogP contribution in [0, 0.1) is 3.57 Å². The molecule has 2 fully saturated rings. The fraction of sp³-hybridized carbons (Fsp3) is 0.280. The van der Waals surface area contributed by atoms with Gasteiger partial charge in [-0.2, -0.15) is 0 Å². The first-order valence-corrected chi connectivity index (χ1v) is 13.6. The fourth-order valence-electron chi connectivity index (χ4n) is 4.74. The van der Waals surface area contributed by atoms with Gasteiger partial charge in [-0.05, 0) is 77.4 Å². The summed E-state index contributed by atoms with van der Waals surface area (Å²) >= 11 is 2.30. The number of ether oxygens (including phenoxy) is 2. The van der Waals surface area contributed by atoms with Crippen molar-refractivity contribution in [3.8, 4) is 11.5 Å². The molecule has 0 amide bonds. The second-order valence-corrected chi connectivity index (χ2v) is 11.9. The molecule has 166 valence electrons. The number of hydrogen-bond donors (Lipinski definition) is 0. The normalized spacial score (nSPS) is 22.7. The first-order chi connectivity index (χ1) is 15.6. The molecule has 2 atom stereocenters. The molecule has 0 saturated carbocycles. The van der Waals surface area contributed by atoms with E-state index in [9.17, 15) is 0 Å². The smallest absolute Gasteiger partial charge is 0.276 e. The standard InChI is InChI=1S/C25H26IN2O3P/c1-30-23-10-5-11-24(31-18-19-12-14-20(26)15-13-19)25(23)32(29)27-16-6-9-22(27)17-28(32)21-7-3-2-4-8-21/h2-5,7-8,10-15,22H,6,9,16-18H2,1H3. The maximum atomic E-state index is 15.1. The van der Waals surface area contributed by atoms with E-state index in [1.807, 2.05) is 48.5 Å². The highest BCUT2D eigenvalue weighted by molar-refractivity contribution is 14.1. The molecular weight excluding hydrogens is 534 g/mol. The molecule has 2 heterocycles. The second-order valence-electron chi connectivity index (χ2n) is 8.14. The van der Waals surface area contributed by atoms with Crippen molar-refractivity contribution in [3.63, 3.8) is 0 Å². The van der Waals surface area contributed by atoms with E-state index in [1.54, 1.807) is 7.11 Å². The largest absolute Gasteiger partial charge is 0.496 e. The molecule has 0 aromatic heterocycles. The number of benzene rings is 3. The van der Waals surface area contributed by atoms with Gasteiger partial charge in [0.15, 0.2) is 0 Å². The van der Waals surface area contributed by atoms with Crippen LogP contribution in [0.4, 0.5) is 5.69 Å². The van der Waals surface area contributed by atoms with Crippen molar-refractivity contribution >= 4 is 41.0 Å². The summed E-state index contributed by atoms with van der Waals surface area (Å²) in [5.41, 5.74) is 2.04. The minimum Gasteiger partial charge on any atom is -0.496 e. The predicted octanol–water partition coefficient (Wildman–Crippen LogP) is 5.68. The Bertz CT molecular complexity index is 1140. The third kappa shape index (κ3) is 3.82. The maximum absolute atomic E-state index is 15.1. The van der Waals surface area contributed by atoms with Crippen molar-refractivity contribution in [3.05, 3.63) is 81.9 Å². The Morgan fingerprint density at radius 2 is 1.75 bits per heavy atom. The number of halogens is 1. The minimum absolute atomic E-state index is 0.273. The van der Waals surface area contributed by atoms with E-state index in [1.165, 1.54) is 3.57 Å². The van der Waals surface area contributed by atoms with Crippen molar-refractivity contribution < 1.29 is 14.0 Å². The van der Waals surface area contributed by atoms with E-state index < -0.39 is 7.44 Å². The molecule has 3 aromatic carbocycles. The molecule has 2 saturated heterocycles. The molecule has 0 radical (unpaired) electrons. The first kappa shape index (κ1) is 21.8. The average Bonchev–Trinajstić information content (AvgIpc) is 3.41. The van der Waals surface area contributed by atoms with Gasteiger partial charge in [-0.3, -0.25) is 4.57 Å². The lowest BCUT2D eigenvalue weighted by Crippen LogP contribution is -2.29. The van der Waals surface area contributed by atoms with Gasteiger partial charge in [0.1, 0.15) is 23.4 Å². The van der Waals surface area contributed by atoms with Crippen LogP contribution in [0.5, 0.6) is 11.5 Å². The number of rotatable bonds is 6. The highest BCUT2D eigenvalue weighted by Crippen LogP contribution is 2.64. The lowest BCUT2D eigenvalue weighted by atomic mass is 10.2. The number of hydrogen-bond acceptors (Lipinski definition) is 3. The van der Waals surface area contributed by atoms with E-state index in [-0.39, 0.29) is 6.04 Å². The van der Waals surface area contributed by atoms with Crippen LogP contribution >= 0.6 is 30.0 Å². The quantitative estimate of drug-likeness (QED) is 0.287. The predicted molar refractivity (Wildman–Crippen MR) is 137 cm³/mol. The van der Waals surface area contributed by atoms with Gasteiger partial charge in [0.05, 0.1) is 7.11 Å². The zero-order chi connectivity index (χ0) is 22.1. The van der Waals surface area contributed by atoms with Gasteiger partial charge in [-0.25, -0.2) is 4.67 Å². The molecule has 32 heavy (non-hydrogen) atoms. The van der Waals surface area contributed by atoms with Crippen molar-refractivity contribution in [1.29, 1.82) is 0 Å². The molecule has 2 aliphatic rings.